The van der Waals surface area contributed by atoms with Gasteiger partial charge in [-0.25, -0.2) is 0 Å². The summed E-state index contributed by atoms with van der Waals surface area (Å²) in [7, 11) is 0. The average Bonchev–Trinajstić information content (AvgIpc) is 2.06. The second-order valence-corrected chi connectivity index (χ2v) is 3.00. The van der Waals surface area contributed by atoms with Gasteiger partial charge in [-0.1, -0.05) is 0 Å². The predicted octanol–water partition coefficient (Wildman–Crippen LogP) is -4.20. The van der Waals surface area contributed by atoms with Crippen LogP contribution in [0, 0.1) is 0 Å². The second kappa shape index (κ2) is 8.72. The van der Waals surface area contributed by atoms with Gasteiger partial charge < -0.3 is 32.2 Å². The number of rotatable bonds is 7. The zero-order valence-electron chi connectivity index (χ0n) is 8.12. The van der Waals surface area contributed by atoms with Crippen molar-refractivity contribution >= 4 is 0 Å². The molecule has 5 heteroatoms. The Bertz CT molecular complexity index is 96.5. The minimum atomic E-state index is 0. The maximum Gasteiger partial charge on any atom is 0.102 e. The van der Waals surface area contributed by atoms with E-state index in [1.807, 2.05) is 6.92 Å². The van der Waals surface area contributed by atoms with Crippen LogP contribution in [0.15, 0.2) is 0 Å². The Balaban J connectivity index is 0. The maximum absolute atomic E-state index is 8.81. The molecular weight excluding hydrogens is 194 g/mol. The Hall–Kier alpha value is 0.130. The maximum atomic E-state index is 8.81. The van der Waals surface area contributed by atoms with Gasteiger partial charge in [-0.3, -0.25) is 0 Å². The molecule has 0 radical (unpaired) electrons. The molecule has 4 nitrogen and oxygen atoms in total. The van der Waals surface area contributed by atoms with Crippen LogP contribution in [0.3, 0.4) is 0 Å². The van der Waals surface area contributed by atoms with Crippen LogP contribution in [0.25, 0.3) is 0 Å². The van der Waals surface area contributed by atoms with Crippen LogP contribution in [0.2, 0.25) is 0 Å². The third kappa shape index (κ3) is 5.44. The molecule has 0 aromatic carbocycles. The summed E-state index contributed by atoms with van der Waals surface area (Å²) in [5.74, 6) is 0. The van der Waals surface area contributed by atoms with Crippen molar-refractivity contribution in [2.75, 3.05) is 46.0 Å². The molecule has 0 aliphatic heterocycles. The number of nitrogens with zero attached hydrogens (tertiary/aromatic N) is 1. The largest absolute Gasteiger partial charge is 1.00 e. The quantitative estimate of drug-likeness (QED) is 0.376. The first kappa shape index (κ1) is 15.6. The van der Waals surface area contributed by atoms with Gasteiger partial charge in [-0.15, -0.1) is 0 Å². The monoisotopic (exact) mass is 213 g/mol. The van der Waals surface area contributed by atoms with Gasteiger partial charge in [-0.05, 0) is 6.92 Å². The Kier molecular flexibility index (Phi) is 10.5. The summed E-state index contributed by atoms with van der Waals surface area (Å²) >= 11 is 0. The summed E-state index contributed by atoms with van der Waals surface area (Å²) in [6.07, 6.45) is 0. The highest BCUT2D eigenvalue weighted by atomic mass is 35.5. The first-order valence-electron chi connectivity index (χ1n) is 4.42. The molecular formula is C8H20ClNO3. The molecule has 0 unspecified atom stereocenters. The topological polar surface area (TPSA) is 60.7 Å². The van der Waals surface area contributed by atoms with E-state index in [0.717, 1.165) is 6.54 Å². The molecule has 0 spiro atoms. The Morgan fingerprint density at radius 1 is 0.846 bits per heavy atom. The third-order valence-corrected chi connectivity index (χ3v) is 2.39. The van der Waals surface area contributed by atoms with Gasteiger partial charge in [0, 0.05) is 0 Å². The van der Waals surface area contributed by atoms with Crippen LogP contribution < -0.4 is 12.4 Å². The molecule has 0 aromatic heterocycles. The van der Waals surface area contributed by atoms with Crippen molar-refractivity contribution in [1.82, 2.24) is 0 Å². The first-order chi connectivity index (χ1) is 5.74. The van der Waals surface area contributed by atoms with Crippen LogP contribution in [0.1, 0.15) is 6.92 Å². The molecule has 13 heavy (non-hydrogen) atoms. The smallest absolute Gasteiger partial charge is 0.102 e. The lowest BCUT2D eigenvalue weighted by atomic mass is 10.3. The number of hydrogen-bond donors (Lipinski definition) is 3. The van der Waals surface area contributed by atoms with E-state index in [4.69, 9.17) is 15.3 Å². The average molecular weight is 214 g/mol. The minimum absolute atomic E-state index is 0. The number of quaternary nitrogens is 1. The van der Waals surface area contributed by atoms with E-state index in [2.05, 4.69) is 0 Å². The highest BCUT2D eigenvalue weighted by Crippen LogP contribution is 2.04. The molecule has 0 atom stereocenters. The minimum Gasteiger partial charge on any atom is -1.00 e. The lowest BCUT2D eigenvalue weighted by Crippen LogP contribution is -3.00. The number of aliphatic hydroxyl groups excluding tert-OH is 3. The number of likely N-dealkylation sites (N-methyl/N-ethyl adjacent to an activating group) is 1. The van der Waals surface area contributed by atoms with Gasteiger partial charge >= 0.3 is 0 Å². The molecule has 0 saturated heterocycles. The summed E-state index contributed by atoms with van der Waals surface area (Å²) in [5, 5.41) is 26.4. The fourth-order valence-corrected chi connectivity index (χ4v) is 1.45. The molecule has 0 amide bonds. The van der Waals surface area contributed by atoms with E-state index in [-0.39, 0.29) is 32.2 Å². The van der Waals surface area contributed by atoms with Crippen molar-refractivity contribution in [2.45, 2.75) is 6.92 Å². The van der Waals surface area contributed by atoms with Crippen LogP contribution >= 0.6 is 0 Å². The van der Waals surface area contributed by atoms with Gasteiger partial charge in [0.1, 0.15) is 19.6 Å². The van der Waals surface area contributed by atoms with E-state index in [1.54, 1.807) is 0 Å². The standard InChI is InChI=1S/C8H20NO3.ClH/c1-2-9(3-6-10,4-7-11)5-8-12;/h10-12H,2-8H2,1H3;1H/q+1;/p-1. The lowest BCUT2D eigenvalue weighted by Gasteiger charge is -2.36. The molecule has 0 aromatic rings. The van der Waals surface area contributed by atoms with E-state index >= 15 is 0 Å². The highest BCUT2D eigenvalue weighted by Gasteiger charge is 2.22. The fourth-order valence-electron chi connectivity index (χ4n) is 1.45. The van der Waals surface area contributed by atoms with Crippen molar-refractivity contribution in [3.63, 3.8) is 0 Å². The summed E-state index contributed by atoms with van der Waals surface area (Å²) in [4.78, 5) is 0. The number of hydrogen-bond acceptors (Lipinski definition) is 3. The predicted molar refractivity (Wildman–Crippen MR) is 46.7 cm³/mol. The Morgan fingerprint density at radius 2 is 1.15 bits per heavy atom. The van der Waals surface area contributed by atoms with E-state index in [9.17, 15) is 0 Å². The van der Waals surface area contributed by atoms with Gasteiger partial charge in [0.25, 0.3) is 0 Å². The Labute approximate surface area is 85.8 Å². The highest BCUT2D eigenvalue weighted by molar-refractivity contribution is 4.41. The van der Waals surface area contributed by atoms with Crippen molar-refractivity contribution < 1.29 is 32.2 Å². The molecule has 0 fully saturated rings. The fraction of sp³-hybridized carbons (Fsp3) is 1.00. The number of aliphatic hydroxyl groups is 3. The normalized spacial score (nSPS) is 11.1. The van der Waals surface area contributed by atoms with Crippen LogP contribution in [0.4, 0.5) is 0 Å². The van der Waals surface area contributed by atoms with E-state index < -0.39 is 0 Å². The SMILES string of the molecule is CC[N+](CCO)(CCO)CCO.[Cl-]. The zero-order chi connectivity index (χ0) is 9.45. The van der Waals surface area contributed by atoms with Gasteiger partial charge in [-0.2, -0.15) is 0 Å². The molecule has 3 N–H and O–H groups in total. The van der Waals surface area contributed by atoms with Crippen LogP contribution in [0.5, 0.6) is 0 Å². The molecule has 0 heterocycles. The number of halogens is 1. The third-order valence-electron chi connectivity index (χ3n) is 2.39. The molecule has 0 bridgehead atoms. The molecule has 0 rings (SSSR count). The van der Waals surface area contributed by atoms with Crippen LogP contribution in [-0.4, -0.2) is 65.8 Å². The first-order valence-corrected chi connectivity index (χ1v) is 4.42. The second-order valence-electron chi connectivity index (χ2n) is 3.00. The summed E-state index contributed by atoms with van der Waals surface area (Å²) < 4.78 is 0.601. The van der Waals surface area contributed by atoms with Crippen LogP contribution in [-0.2, 0) is 0 Å². The van der Waals surface area contributed by atoms with Crippen molar-refractivity contribution in [3.05, 3.63) is 0 Å². The van der Waals surface area contributed by atoms with Crippen molar-refractivity contribution in [1.29, 1.82) is 0 Å². The van der Waals surface area contributed by atoms with E-state index in [0.29, 0.717) is 24.1 Å². The van der Waals surface area contributed by atoms with Gasteiger partial charge in [0.2, 0.25) is 0 Å². The van der Waals surface area contributed by atoms with Crippen molar-refractivity contribution in [2.24, 2.45) is 0 Å². The summed E-state index contributed by atoms with van der Waals surface area (Å²) in [6.45, 7) is 4.98. The lowest BCUT2D eigenvalue weighted by molar-refractivity contribution is -0.927. The zero-order valence-corrected chi connectivity index (χ0v) is 8.87. The van der Waals surface area contributed by atoms with Gasteiger partial charge in [0.05, 0.1) is 26.4 Å². The molecule has 0 aliphatic carbocycles. The molecule has 0 saturated carbocycles. The Morgan fingerprint density at radius 3 is 1.31 bits per heavy atom. The molecule has 0 aliphatic rings. The van der Waals surface area contributed by atoms with Gasteiger partial charge in [0.15, 0.2) is 0 Å². The summed E-state index contributed by atoms with van der Waals surface area (Å²) in [6, 6.07) is 0. The summed E-state index contributed by atoms with van der Waals surface area (Å²) in [5.41, 5.74) is 0. The van der Waals surface area contributed by atoms with E-state index in [1.165, 1.54) is 0 Å². The van der Waals surface area contributed by atoms with Crippen molar-refractivity contribution in [3.8, 4) is 0 Å². The molecule has 82 valence electrons.